The van der Waals surface area contributed by atoms with Crippen molar-refractivity contribution in [3.63, 3.8) is 0 Å². The lowest BCUT2D eigenvalue weighted by atomic mass is 10.2. The smallest absolute Gasteiger partial charge is 0.344 e. The molecule has 1 atom stereocenters. The van der Waals surface area contributed by atoms with Crippen molar-refractivity contribution in [2.75, 3.05) is 0 Å². The van der Waals surface area contributed by atoms with Crippen molar-refractivity contribution in [3.8, 4) is 0 Å². The molecule has 0 radical (unpaired) electrons. The quantitative estimate of drug-likeness (QED) is 0.874. The molecule has 0 saturated heterocycles. The molecule has 0 aliphatic rings. The van der Waals surface area contributed by atoms with E-state index < -0.39 is 11.6 Å². The fourth-order valence-electron chi connectivity index (χ4n) is 1.47. The zero-order valence-corrected chi connectivity index (χ0v) is 9.83. The van der Waals surface area contributed by atoms with Crippen molar-refractivity contribution in [2.45, 2.75) is 18.0 Å². The Kier molecular flexibility index (Phi) is 3.56. The molecule has 1 unspecified atom stereocenters. The molecule has 0 amide bonds. The average Bonchev–Trinajstić information content (AvgIpc) is 2.76. The van der Waals surface area contributed by atoms with Crippen LogP contribution < -0.4 is 0 Å². The van der Waals surface area contributed by atoms with E-state index in [9.17, 15) is 13.2 Å². The minimum Gasteiger partial charge on any atom is -0.344 e. The van der Waals surface area contributed by atoms with E-state index in [-0.39, 0.29) is 5.82 Å². The van der Waals surface area contributed by atoms with Gasteiger partial charge in [0.25, 0.3) is 0 Å². The van der Waals surface area contributed by atoms with Crippen LogP contribution in [-0.2, 0) is 6.42 Å². The summed E-state index contributed by atoms with van der Waals surface area (Å²) in [6, 6.07) is 3.56. The van der Waals surface area contributed by atoms with Crippen molar-refractivity contribution in [1.29, 1.82) is 0 Å². The molecule has 3 nitrogen and oxygen atoms in total. The SMILES string of the molecule is FC(F)(F)C(Cl)c1ncc(Cc2ccncc2)[nH]1. The number of alkyl halides is 4. The van der Waals surface area contributed by atoms with Gasteiger partial charge < -0.3 is 4.98 Å². The van der Waals surface area contributed by atoms with Gasteiger partial charge in [0.05, 0.1) is 0 Å². The van der Waals surface area contributed by atoms with E-state index in [4.69, 9.17) is 11.6 Å². The van der Waals surface area contributed by atoms with Crippen LogP contribution in [0.2, 0.25) is 0 Å². The number of hydrogen-bond acceptors (Lipinski definition) is 2. The molecule has 0 aliphatic carbocycles. The molecule has 0 bridgehead atoms. The lowest BCUT2D eigenvalue weighted by Gasteiger charge is -2.10. The van der Waals surface area contributed by atoms with Crippen LogP contribution in [0.25, 0.3) is 0 Å². The van der Waals surface area contributed by atoms with Crippen molar-refractivity contribution < 1.29 is 13.2 Å². The highest BCUT2D eigenvalue weighted by atomic mass is 35.5. The predicted molar refractivity (Wildman–Crippen MR) is 60.3 cm³/mol. The lowest BCUT2D eigenvalue weighted by Crippen LogP contribution is -2.16. The molecule has 7 heteroatoms. The Morgan fingerprint density at radius 2 is 1.94 bits per heavy atom. The maximum Gasteiger partial charge on any atom is 0.411 e. The van der Waals surface area contributed by atoms with Crippen LogP contribution in [0.1, 0.15) is 22.5 Å². The molecule has 2 rings (SSSR count). The van der Waals surface area contributed by atoms with E-state index in [1.807, 2.05) is 0 Å². The second kappa shape index (κ2) is 4.97. The van der Waals surface area contributed by atoms with E-state index in [0.29, 0.717) is 12.1 Å². The third-order valence-corrected chi connectivity index (χ3v) is 2.77. The van der Waals surface area contributed by atoms with Crippen LogP contribution >= 0.6 is 11.6 Å². The molecule has 0 aliphatic heterocycles. The summed E-state index contributed by atoms with van der Waals surface area (Å²) in [5.74, 6) is -0.284. The summed E-state index contributed by atoms with van der Waals surface area (Å²) in [6.07, 6.45) is 0.542. The van der Waals surface area contributed by atoms with Crippen LogP contribution in [0, 0.1) is 0 Å². The number of aromatic amines is 1. The van der Waals surface area contributed by atoms with Gasteiger partial charge in [-0.25, -0.2) is 4.98 Å². The van der Waals surface area contributed by atoms with Crippen LogP contribution in [0.5, 0.6) is 0 Å². The van der Waals surface area contributed by atoms with Crippen molar-refractivity contribution in [3.05, 3.63) is 47.8 Å². The normalized spacial score (nSPS) is 13.6. The summed E-state index contributed by atoms with van der Waals surface area (Å²) in [7, 11) is 0. The van der Waals surface area contributed by atoms with Crippen molar-refractivity contribution in [1.82, 2.24) is 15.0 Å². The zero-order valence-electron chi connectivity index (χ0n) is 9.08. The van der Waals surface area contributed by atoms with Gasteiger partial charge in [-0.2, -0.15) is 13.2 Å². The standard InChI is InChI=1S/C11H9ClF3N3/c12-9(11(13,14)15)10-17-6-8(18-10)5-7-1-3-16-4-2-7/h1-4,6,9H,5H2,(H,17,18). The molecule has 0 aromatic carbocycles. The molecular formula is C11H9ClF3N3. The van der Waals surface area contributed by atoms with Crippen molar-refractivity contribution in [2.24, 2.45) is 0 Å². The summed E-state index contributed by atoms with van der Waals surface area (Å²) >= 11 is 5.27. The Hall–Kier alpha value is -1.56. The summed E-state index contributed by atoms with van der Waals surface area (Å²) in [4.78, 5) is 10.1. The van der Waals surface area contributed by atoms with Gasteiger partial charge in [-0.15, -0.1) is 11.6 Å². The minimum absolute atomic E-state index is 0.284. The Labute approximate surface area is 106 Å². The number of rotatable bonds is 3. The van der Waals surface area contributed by atoms with Gasteiger partial charge in [0.15, 0.2) is 5.38 Å². The summed E-state index contributed by atoms with van der Waals surface area (Å²) in [5, 5.41) is -2.11. The van der Waals surface area contributed by atoms with Gasteiger partial charge in [0, 0.05) is 30.7 Å². The maximum absolute atomic E-state index is 12.4. The van der Waals surface area contributed by atoms with Crippen LogP contribution in [-0.4, -0.2) is 21.1 Å². The highest BCUT2D eigenvalue weighted by Gasteiger charge is 2.41. The first-order valence-electron chi connectivity index (χ1n) is 5.10. The van der Waals surface area contributed by atoms with E-state index >= 15 is 0 Å². The third-order valence-electron chi connectivity index (χ3n) is 2.32. The first kappa shape index (κ1) is 12.9. The van der Waals surface area contributed by atoms with Gasteiger partial charge in [0.2, 0.25) is 0 Å². The predicted octanol–water partition coefficient (Wildman–Crippen LogP) is 3.24. The lowest BCUT2D eigenvalue weighted by molar-refractivity contribution is -0.133. The van der Waals surface area contributed by atoms with Gasteiger partial charge in [-0.1, -0.05) is 0 Å². The Balaban J connectivity index is 2.12. The molecule has 0 fully saturated rings. The van der Waals surface area contributed by atoms with Crippen molar-refractivity contribution >= 4 is 11.6 Å². The molecule has 0 spiro atoms. The highest BCUT2D eigenvalue weighted by molar-refractivity contribution is 6.21. The molecule has 2 aromatic heterocycles. The highest BCUT2D eigenvalue weighted by Crippen LogP contribution is 2.36. The minimum atomic E-state index is -4.51. The van der Waals surface area contributed by atoms with Gasteiger partial charge in [-0.3, -0.25) is 4.98 Å². The molecule has 2 heterocycles. The molecule has 1 N–H and O–H groups in total. The summed E-state index contributed by atoms with van der Waals surface area (Å²) in [6.45, 7) is 0. The van der Waals surface area contributed by atoms with Crippen LogP contribution in [0.3, 0.4) is 0 Å². The van der Waals surface area contributed by atoms with Gasteiger partial charge >= 0.3 is 6.18 Å². The van der Waals surface area contributed by atoms with E-state index in [1.54, 1.807) is 24.5 Å². The zero-order chi connectivity index (χ0) is 13.2. The molecule has 0 saturated carbocycles. The number of halogens is 4. The molecule has 2 aromatic rings. The number of nitrogens with zero attached hydrogens (tertiary/aromatic N) is 2. The number of aromatic nitrogens is 3. The number of nitrogens with one attached hydrogen (secondary N) is 1. The topological polar surface area (TPSA) is 41.6 Å². The van der Waals surface area contributed by atoms with Crippen LogP contribution in [0.4, 0.5) is 13.2 Å². The number of imidazole rings is 1. The number of H-pyrrole nitrogens is 1. The number of hydrogen-bond donors (Lipinski definition) is 1. The average molecular weight is 276 g/mol. The second-order valence-corrected chi connectivity index (χ2v) is 4.17. The van der Waals surface area contributed by atoms with Gasteiger partial charge in [-0.05, 0) is 17.7 Å². The third kappa shape index (κ3) is 3.01. The van der Waals surface area contributed by atoms with E-state index in [2.05, 4.69) is 15.0 Å². The summed E-state index contributed by atoms with van der Waals surface area (Å²) < 4.78 is 37.1. The Bertz CT molecular complexity index is 510. The van der Waals surface area contributed by atoms with E-state index in [1.165, 1.54) is 6.20 Å². The second-order valence-electron chi connectivity index (χ2n) is 3.73. The van der Waals surface area contributed by atoms with Gasteiger partial charge in [0.1, 0.15) is 5.82 Å². The molecule has 96 valence electrons. The first-order chi connectivity index (χ1) is 8.47. The van der Waals surface area contributed by atoms with Crippen LogP contribution in [0.15, 0.2) is 30.7 Å². The monoisotopic (exact) mass is 275 g/mol. The largest absolute Gasteiger partial charge is 0.411 e. The number of pyridine rings is 1. The fourth-order valence-corrected chi connectivity index (χ4v) is 1.58. The first-order valence-corrected chi connectivity index (χ1v) is 5.54. The van der Waals surface area contributed by atoms with E-state index in [0.717, 1.165) is 5.56 Å². The summed E-state index contributed by atoms with van der Waals surface area (Å²) in [5.41, 5.74) is 1.50. The Morgan fingerprint density at radius 1 is 1.28 bits per heavy atom. The molecule has 18 heavy (non-hydrogen) atoms. The molecular weight excluding hydrogens is 267 g/mol. The fraction of sp³-hybridized carbons (Fsp3) is 0.273. The maximum atomic E-state index is 12.4. The Morgan fingerprint density at radius 3 is 2.56 bits per heavy atom.